The van der Waals surface area contributed by atoms with E-state index in [-0.39, 0.29) is 11.7 Å². The van der Waals surface area contributed by atoms with E-state index in [0.717, 1.165) is 37.8 Å². The Kier molecular flexibility index (Phi) is 4.65. The lowest BCUT2D eigenvalue weighted by Crippen LogP contribution is -2.33. The van der Waals surface area contributed by atoms with E-state index in [9.17, 15) is 18.0 Å². The van der Waals surface area contributed by atoms with Gasteiger partial charge in [-0.1, -0.05) is 12.1 Å². The summed E-state index contributed by atoms with van der Waals surface area (Å²) in [6.07, 6.45) is -1.96. The molecule has 1 aliphatic heterocycles. The van der Waals surface area contributed by atoms with Crippen LogP contribution < -0.4 is 4.74 Å². The molecule has 0 aliphatic carbocycles. The van der Waals surface area contributed by atoms with Gasteiger partial charge in [-0.25, -0.2) is 0 Å². The maximum Gasteiger partial charge on any atom is 0.573 e. The fourth-order valence-electron chi connectivity index (χ4n) is 2.30. The van der Waals surface area contributed by atoms with Crippen molar-refractivity contribution in [1.29, 1.82) is 0 Å². The molecule has 6 heteroatoms. The number of hydrogen-bond acceptors (Lipinski definition) is 3. The molecule has 0 N–H and O–H groups in total. The number of rotatable bonds is 4. The van der Waals surface area contributed by atoms with Gasteiger partial charge in [0.2, 0.25) is 0 Å². The summed E-state index contributed by atoms with van der Waals surface area (Å²) < 4.78 is 39.9. The van der Waals surface area contributed by atoms with Crippen molar-refractivity contribution in [3.05, 3.63) is 29.8 Å². The summed E-state index contributed by atoms with van der Waals surface area (Å²) in [5, 5.41) is 0. The monoisotopic (exact) mass is 287 g/mol. The predicted octanol–water partition coefficient (Wildman–Crippen LogP) is 3.00. The Balaban J connectivity index is 1.86. The molecule has 0 atom stereocenters. The molecule has 0 unspecified atom stereocenters. The number of piperidine rings is 1. The molecule has 1 saturated heterocycles. The summed E-state index contributed by atoms with van der Waals surface area (Å²) in [5.41, 5.74) is 0.934. The number of halogens is 3. The summed E-state index contributed by atoms with van der Waals surface area (Å²) in [6, 6.07) is 5.90. The lowest BCUT2D eigenvalue weighted by atomic mass is 9.98. The number of aldehydes is 1. The van der Waals surface area contributed by atoms with Gasteiger partial charge in [0.25, 0.3) is 0 Å². The van der Waals surface area contributed by atoms with Gasteiger partial charge in [0, 0.05) is 12.5 Å². The first-order valence-corrected chi connectivity index (χ1v) is 6.48. The Hall–Kier alpha value is -1.56. The number of alkyl halides is 3. The second kappa shape index (κ2) is 6.26. The number of likely N-dealkylation sites (tertiary alicyclic amines) is 1. The van der Waals surface area contributed by atoms with Gasteiger partial charge in [-0.3, -0.25) is 4.90 Å². The Morgan fingerprint density at radius 1 is 1.20 bits per heavy atom. The normalized spacial score (nSPS) is 17.9. The van der Waals surface area contributed by atoms with E-state index in [0.29, 0.717) is 6.54 Å². The average Bonchev–Trinajstić information content (AvgIpc) is 2.40. The number of hydrogen-bond donors (Lipinski definition) is 0. The molecule has 1 fully saturated rings. The molecule has 0 spiro atoms. The first-order chi connectivity index (χ1) is 9.46. The van der Waals surface area contributed by atoms with E-state index in [4.69, 9.17) is 0 Å². The zero-order valence-corrected chi connectivity index (χ0v) is 10.9. The Morgan fingerprint density at radius 3 is 2.30 bits per heavy atom. The maximum atomic E-state index is 12.0. The highest BCUT2D eigenvalue weighted by Crippen LogP contribution is 2.23. The van der Waals surface area contributed by atoms with Crippen molar-refractivity contribution >= 4 is 6.29 Å². The lowest BCUT2D eigenvalue weighted by Gasteiger charge is -2.29. The number of carbonyl (C=O) groups is 1. The van der Waals surface area contributed by atoms with Crippen molar-refractivity contribution in [1.82, 2.24) is 4.90 Å². The molecule has 0 saturated carbocycles. The third kappa shape index (κ3) is 4.52. The molecule has 1 heterocycles. The lowest BCUT2D eigenvalue weighted by molar-refractivity contribution is -0.274. The van der Waals surface area contributed by atoms with Crippen LogP contribution in [0.15, 0.2) is 24.3 Å². The molecular weight excluding hydrogens is 271 g/mol. The van der Waals surface area contributed by atoms with Gasteiger partial charge in [0.15, 0.2) is 0 Å². The predicted molar refractivity (Wildman–Crippen MR) is 67.2 cm³/mol. The van der Waals surface area contributed by atoms with Gasteiger partial charge in [0.05, 0.1) is 0 Å². The molecule has 1 aromatic carbocycles. The fraction of sp³-hybridized carbons (Fsp3) is 0.500. The molecule has 3 nitrogen and oxygen atoms in total. The Bertz CT molecular complexity index is 437. The number of carbonyl (C=O) groups excluding carboxylic acids is 1. The highest BCUT2D eigenvalue weighted by atomic mass is 19.4. The third-order valence-electron chi connectivity index (χ3n) is 3.39. The van der Waals surface area contributed by atoms with Crippen LogP contribution in [0.4, 0.5) is 13.2 Å². The first kappa shape index (κ1) is 14.8. The molecule has 0 amide bonds. The van der Waals surface area contributed by atoms with E-state index < -0.39 is 6.36 Å². The van der Waals surface area contributed by atoms with Crippen LogP contribution in [0, 0.1) is 5.92 Å². The minimum atomic E-state index is -4.65. The second-order valence-corrected chi connectivity index (χ2v) is 4.94. The van der Waals surface area contributed by atoms with Gasteiger partial charge in [0.1, 0.15) is 12.0 Å². The summed E-state index contributed by atoms with van der Waals surface area (Å²) in [4.78, 5) is 12.8. The number of ether oxygens (including phenoxy) is 1. The van der Waals surface area contributed by atoms with Crippen LogP contribution >= 0.6 is 0 Å². The fourth-order valence-corrected chi connectivity index (χ4v) is 2.30. The van der Waals surface area contributed by atoms with Gasteiger partial charge >= 0.3 is 6.36 Å². The number of benzene rings is 1. The summed E-state index contributed by atoms with van der Waals surface area (Å²) in [5.74, 6) is -0.0604. The second-order valence-electron chi connectivity index (χ2n) is 4.94. The standard InChI is InChI=1S/C14H16F3NO2/c15-14(16,17)20-13-3-1-11(2-4-13)9-18-7-5-12(10-19)6-8-18/h1-4,10,12H,5-9H2. The molecular formula is C14H16F3NO2. The van der Waals surface area contributed by atoms with Gasteiger partial charge in [-0.05, 0) is 43.6 Å². The van der Waals surface area contributed by atoms with Crippen molar-refractivity contribution in [2.45, 2.75) is 25.7 Å². The molecule has 1 aliphatic rings. The van der Waals surface area contributed by atoms with Gasteiger partial charge in [-0.15, -0.1) is 13.2 Å². The van der Waals surface area contributed by atoms with Crippen molar-refractivity contribution < 1.29 is 22.7 Å². The van der Waals surface area contributed by atoms with E-state index in [1.807, 2.05) is 0 Å². The van der Waals surface area contributed by atoms with Crippen LogP contribution in [0.25, 0.3) is 0 Å². The van der Waals surface area contributed by atoms with E-state index in [2.05, 4.69) is 9.64 Å². The highest BCUT2D eigenvalue weighted by molar-refractivity contribution is 5.53. The molecule has 1 aromatic rings. The van der Waals surface area contributed by atoms with Crippen LogP contribution in [0.1, 0.15) is 18.4 Å². The van der Waals surface area contributed by atoms with Crippen LogP contribution in [-0.2, 0) is 11.3 Å². The molecule has 0 aromatic heterocycles. The van der Waals surface area contributed by atoms with Crippen LogP contribution in [0.5, 0.6) is 5.75 Å². The number of nitrogens with zero attached hydrogens (tertiary/aromatic N) is 1. The summed E-state index contributed by atoms with van der Waals surface area (Å²) >= 11 is 0. The summed E-state index contributed by atoms with van der Waals surface area (Å²) in [6.45, 7) is 2.35. The quantitative estimate of drug-likeness (QED) is 0.797. The highest BCUT2D eigenvalue weighted by Gasteiger charge is 2.31. The maximum absolute atomic E-state index is 12.0. The van der Waals surface area contributed by atoms with Gasteiger partial charge in [-0.2, -0.15) is 0 Å². The van der Waals surface area contributed by atoms with Crippen molar-refractivity contribution in [2.24, 2.45) is 5.92 Å². The van der Waals surface area contributed by atoms with E-state index in [1.54, 1.807) is 12.1 Å². The topological polar surface area (TPSA) is 29.5 Å². The third-order valence-corrected chi connectivity index (χ3v) is 3.39. The minimum absolute atomic E-state index is 0.147. The molecule has 0 bridgehead atoms. The van der Waals surface area contributed by atoms with Crippen molar-refractivity contribution in [2.75, 3.05) is 13.1 Å². The van der Waals surface area contributed by atoms with Crippen molar-refractivity contribution in [3.63, 3.8) is 0 Å². The van der Waals surface area contributed by atoms with Crippen LogP contribution in [0.3, 0.4) is 0 Å². The molecule has 110 valence electrons. The van der Waals surface area contributed by atoms with Crippen molar-refractivity contribution in [3.8, 4) is 5.75 Å². The summed E-state index contributed by atoms with van der Waals surface area (Å²) in [7, 11) is 0. The molecule has 0 radical (unpaired) electrons. The average molecular weight is 287 g/mol. The van der Waals surface area contributed by atoms with Crippen LogP contribution in [-0.4, -0.2) is 30.6 Å². The largest absolute Gasteiger partial charge is 0.573 e. The Labute approximate surface area is 115 Å². The minimum Gasteiger partial charge on any atom is -0.406 e. The zero-order chi connectivity index (χ0) is 14.6. The van der Waals surface area contributed by atoms with E-state index in [1.165, 1.54) is 12.1 Å². The molecule has 20 heavy (non-hydrogen) atoms. The van der Waals surface area contributed by atoms with E-state index >= 15 is 0 Å². The van der Waals surface area contributed by atoms with Gasteiger partial charge < -0.3 is 9.53 Å². The smallest absolute Gasteiger partial charge is 0.406 e. The Morgan fingerprint density at radius 2 is 1.80 bits per heavy atom. The first-order valence-electron chi connectivity index (χ1n) is 6.48. The molecule has 2 rings (SSSR count). The van der Waals surface area contributed by atoms with Crippen LogP contribution in [0.2, 0.25) is 0 Å². The zero-order valence-electron chi connectivity index (χ0n) is 10.9. The SMILES string of the molecule is O=CC1CCN(Cc2ccc(OC(F)(F)F)cc2)CC1.